The predicted molar refractivity (Wildman–Crippen MR) is 212 cm³/mol. The summed E-state index contributed by atoms with van der Waals surface area (Å²) in [6.45, 7) is 0. The van der Waals surface area contributed by atoms with Crippen LogP contribution >= 0.6 is 0 Å². The van der Waals surface area contributed by atoms with Crippen molar-refractivity contribution in [3.05, 3.63) is 206 Å². The standard InChI is InChI=1S/C48H34N2/c1-4-15-35(16-5-1)37-27-31-40(32-28-37)49(41-33-29-38(30-34-41)36-17-6-2-7-18-36)45-24-12-10-21-42(45)43-23-14-26-47-48(43)44-22-11-13-25-46(44)50(47)39-19-8-3-9-20-39/h1-34H/i27D,28D,31D,32D. The van der Waals surface area contributed by atoms with Gasteiger partial charge in [0, 0.05) is 33.4 Å². The number of hydrogen-bond donors (Lipinski definition) is 0. The van der Waals surface area contributed by atoms with Crippen LogP contribution in [0.15, 0.2) is 206 Å². The normalized spacial score (nSPS) is 12.3. The smallest absolute Gasteiger partial charge is 0.0645 e. The Morgan fingerprint density at radius 3 is 1.64 bits per heavy atom. The van der Waals surface area contributed by atoms with Crippen LogP contribution < -0.4 is 4.90 Å². The van der Waals surface area contributed by atoms with Crippen molar-refractivity contribution in [2.24, 2.45) is 0 Å². The highest BCUT2D eigenvalue weighted by molar-refractivity contribution is 6.17. The van der Waals surface area contributed by atoms with E-state index >= 15 is 0 Å². The van der Waals surface area contributed by atoms with Gasteiger partial charge in [0.1, 0.15) is 0 Å². The summed E-state index contributed by atoms with van der Waals surface area (Å²) in [5, 5.41) is 2.19. The Morgan fingerprint density at radius 2 is 0.920 bits per heavy atom. The molecular formula is C48H34N2. The first-order chi connectivity index (χ1) is 26.5. The van der Waals surface area contributed by atoms with E-state index in [2.05, 4.69) is 89.5 Å². The fourth-order valence-electron chi connectivity index (χ4n) is 6.98. The summed E-state index contributed by atoms with van der Waals surface area (Å²) in [5.74, 6) is 0. The van der Waals surface area contributed by atoms with E-state index in [1.54, 1.807) is 0 Å². The van der Waals surface area contributed by atoms with Gasteiger partial charge in [0.2, 0.25) is 0 Å². The highest BCUT2D eigenvalue weighted by atomic mass is 15.1. The molecule has 9 aromatic rings. The predicted octanol–water partition coefficient (Wildman–Crippen LogP) is 13.3. The van der Waals surface area contributed by atoms with Crippen molar-refractivity contribution < 1.29 is 5.48 Å². The topological polar surface area (TPSA) is 8.17 Å². The number of rotatable bonds is 7. The van der Waals surface area contributed by atoms with Crippen LogP contribution in [-0.4, -0.2) is 4.57 Å². The highest BCUT2D eigenvalue weighted by Gasteiger charge is 2.21. The molecule has 9 rings (SSSR count). The zero-order valence-electron chi connectivity index (χ0n) is 31.2. The molecule has 0 aliphatic rings. The lowest BCUT2D eigenvalue weighted by Gasteiger charge is -2.28. The highest BCUT2D eigenvalue weighted by Crippen LogP contribution is 2.45. The lowest BCUT2D eigenvalue weighted by atomic mass is 9.96. The van der Waals surface area contributed by atoms with E-state index in [4.69, 9.17) is 0 Å². The van der Waals surface area contributed by atoms with E-state index in [-0.39, 0.29) is 35.4 Å². The van der Waals surface area contributed by atoms with E-state index in [9.17, 15) is 5.48 Å². The van der Waals surface area contributed by atoms with Crippen LogP contribution in [0.2, 0.25) is 0 Å². The molecule has 0 bridgehead atoms. The van der Waals surface area contributed by atoms with Crippen molar-refractivity contribution >= 4 is 38.9 Å². The average molecular weight is 643 g/mol. The Kier molecular flexibility index (Phi) is 6.48. The quantitative estimate of drug-likeness (QED) is 0.168. The number of aromatic nitrogens is 1. The Morgan fingerprint density at radius 1 is 0.380 bits per heavy atom. The summed E-state index contributed by atoms with van der Waals surface area (Å²) in [5.41, 5.74) is 9.78. The monoisotopic (exact) mass is 642 g/mol. The molecule has 0 atom stereocenters. The molecule has 0 aliphatic carbocycles. The van der Waals surface area contributed by atoms with E-state index in [0.717, 1.165) is 55.4 Å². The molecule has 2 nitrogen and oxygen atoms in total. The van der Waals surface area contributed by atoms with Crippen LogP contribution in [0, 0.1) is 0 Å². The molecule has 1 aromatic heterocycles. The number of fused-ring (bicyclic) bond motifs is 3. The van der Waals surface area contributed by atoms with Gasteiger partial charge in [0.15, 0.2) is 0 Å². The van der Waals surface area contributed by atoms with Crippen molar-refractivity contribution in [2.45, 2.75) is 0 Å². The Hall–Kier alpha value is -6.64. The lowest BCUT2D eigenvalue weighted by Crippen LogP contribution is -2.11. The maximum Gasteiger partial charge on any atom is 0.0645 e. The molecule has 0 aliphatic heterocycles. The van der Waals surface area contributed by atoms with Gasteiger partial charge in [-0.25, -0.2) is 0 Å². The molecule has 0 saturated carbocycles. The van der Waals surface area contributed by atoms with Crippen molar-refractivity contribution in [2.75, 3.05) is 4.90 Å². The van der Waals surface area contributed by atoms with Gasteiger partial charge >= 0.3 is 0 Å². The summed E-state index contributed by atoms with van der Waals surface area (Å²) in [6, 6.07) is 60.3. The summed E-state index contributed by atoms with van der Waals surface area (Å²) < 4.78 is 39.8. The Balaban J connectivity index is 1.32. The van der Waals surface area contributed by atoms with Crippen LogP contribution in [-0.2, 0) is 0 Å². The molecule has 0 saturated heterocycles. The van der Waals surface area contributed by atoms with Crippen LogP contribution in [0.4, 0.5) is 17.1 Å². The van der Waals surface area contributed by atoms with Crippen LogP contribution in [0.1, 0.15) is 5.48 Å². The average Bonchev–Trinajstić information content (AvgIpc) is 3.58. The number of benzene rings is 8. The summed E-state index contributed by atoms with van der Waals surface area (Å²) in [6.07, 6.45) is 0. The zero-order valence-corrected chi connectivity index (χ0v) is 27.2. The van der Waals surface area contributed by atoms with Crippen molar-refractivity contribution in [3.63, 3.8) is 0 Å². The van der Waals surface area contributed by atoms with Gasteiger partial charge in [-0.05, 0) is 82.4 Å². The van der Waals surface area contributed by atoms with Crippen LogP contribution in [0.25, 0.3) is 60.9 Å². The van der Waals surface area contributed by atoms with Crippen molar-refractivity contribution in [3.8, 4) is 39.1 Å². The van der Waals surface area contributed by atoms with E-state index in [1.165, 1.54) is 0 Å². The number of nitrogens with zero attached hydrogens (tertiary/aromatic N) is 2. The first-order valence-corrected chi connectivity index (χ1v) is 16.8. The summed E-state index contributed by atoms with van der Waals surface area (Å²) >= 11 is 0. The fraction of sp³-hybridized carbons (Fsp3) is 0. The first kappa shape index (κ1) is 25.4. The van der Waals surface area contributed by atoms with Gasteiger partial charge in [-0.2, -0.15) is 0 Å². The van der Waals surface area contributed by atoms with E-state index in [1.807, 2.05) is 102 Å². The first-order valence-electron chi connectivity index (χ1n) is 18.8. The van der Waals surface area contributed by atoms with Gasteiger partial charge in [-0.15, -0.1) is 0 Å². The van der Waals surface area contributed by atoms with Gasteiger partial charge in [-0.1, -0.05) is 152 Å². The third-order valence-electron chi connectivity index (χ3n) is 9.28. The molecule has 2 heteroatoms. The van der Waals surface area contributed by atoms with Gasteiger partial charge in [0.05, 0.1) is 22.2 Å². The molecule has 0 radical (unpaired) electrons. The molecule has 0 spiro atoms. The third-order valence-corrected chi connectivity index (χ3v) is 9.28. The SMILES string of the molecule is [2H]c1c([2H])c(N(c2ccc(-c3ccccc3)cc2)c2ccccc2-c2cccc3c2c2ccccc2n3-c2ccccc2)c([2H])c([2H])c1-c1ccccc1. The molecule has 8 aromatic carbocycles. The zero-order chi connectivity index (χ0) is 36.8. The maximum atomic E-state index is 9.51. The van der Waals surface area contributed by atoms with Crippen molar-refractivity contribution in [1.29, 1.82) is 0 Å². The van der Waals surface area contributed by atoms with Crippen molar-refractivity contribution in [1.82, 2.24) is 4.57 Å². The largest absolute Gasteiger partial charge is 0.310 e. The van der Waals surface area contributed by atoms with E-state index in [0.29, 0.717) is 11.3 Å². The fourth-order valence-corrected chi connectivity index (χ4v) is 6.98. The lowest BCUT2D eigenvalue weighted by molar-refractivity contribution is 1.18. The van der Waals surface area contributed by atoms with Gasteiger partial charge < -0.3 is 9.47 Å². The second-order valence-corrected chi connectivity index (χ2v) is 12.2. The molecule has 0 N–H and O–H groups in total. The third kappa shape index (κ3) is 5.24. The second-order valence-electron chi connectivity index (χ2n) is 12.2. The molecule has 50 heavy (non-hydrogen) atoms. The van der Waals surface area contributed by atoms with Crippen LogP contribution in [0.3, 0.4) is 0 Å². The molecular weight excluding hydrogens is 605 g/mol. The number of hydrogen-bond acceptors (Lipinski definition) is 1. The minimum Gasteiger partial charge on any atom is -0.310 e. The molecule has 0 amide bonds. The molecule has 0 unspecified atom stereocenters. The molecule has 0 fully saturated rings. The molecule has 236 valence electrons. The minimum absolute atomic E-state index is 0.0892. The minimum atomic E-state index is -0.115. The van der Waals surface area contributed by atoms with E-state index < -0.39 is 0 Å². The molecule has 1 heterocycles. The maximum absolute atomic E-state index is 9.51. The summed E-state index contributed by atoms with van der Waals surface area (Å²) in [4.78, 5) is 1.90. The Labute approximate surface area is 298 Å². The van der Waals surface area contributed by atoms with Crippen LogP contribution in [0.5, 0.6) is 0 Å². The van der Waals surface area contributed by atoms with Gasteiger partial charge in [-0.3, -0.25) is 0 Å². The Bertz CT molecular complexity index is 2770. The number of anilines is 3. The van der Waals surface area contributed by atoms with Gasteiger partial charge in [0.25, 0.3) is 0 Å². The number of para-hydroxylation sites is 3. The summed E-state index contributed by atoms with van der Waals surface area (Å²) in [7, 11) is 0. The second kappa shape index (κ2) is 12.8.